The molecule has 1 aliphatic heterocycles. The molecule has 1 aromatic heterocycles. The van der Waals surface area contributed by atoms with Crippen LogP contribution < -0.4 is 5.73 Å². The fraction of sp³-hybridized carbons (Fsp3) is 0.357. The molecule has 1 unspecified atom stereocenters. The predicted octanol–water partition coefficient (Wildman–Crippen LogP) is 0.0670. The summed E-state index contributed by atoms with van der Waals surface area (Å²) in [5.41, 5.74) is 6.74. The van der Waals surface area contributed by atoms with Gasteiger partial charge in [0, 0.05) is 19.6 Å². The van der Waals surface area contributed by atoms with Gasteiger partial charge in [-0.25, -0.2) is 0 Å². The highest BCUT2D eigenvalue weighted by Crippen LogP contribution is 2.10. The van der Waals surface area contributed by atoms with E-state index in [-0.39, 0.29) is 12.0 Å². The van der Waals surface area contributed by atoms with Gasteiger partial charge in [0.1, 0.15) is 0 Å². The normalized spacial score (nSPS) is 18.7. The van der Waals surface area contributed by atoms with E-state index in [1.165, 1.54) is 11.0 Å². The first kappa shape index (κ1) is 13.7. The number of aromatic nitrogens is 3. The van der Waals surface area contributed by atoms with Crippen LogP contribution in [0.2, 0.25) is 0 Å². The maximum Gasteiger partial charge on any atom is 0.276 e. The molecule has 1 aliphatic rings. The minimum atomic E-state index is -0.140. The van der Waals surface area contributed by atoms with E-state index in [0.717, 1.165) is 5.69 Å². The lowest BCUT2D eigenvalue weighted by Gasteiger charge is -2.31. The zero-order valence-electron chi connectivity index (χ0n) is 11.6. The minimum absolute atomic E-state index is 0.105. The van der Waals surface area contributed by atoms with Gasteiger partial charge >= 0.3 is 0 Å². The third kappa shape index (κ3) is 2.93. The number of rotatable bonds is 3. The van der Waals surface area contributed by atoms with Gasteiger partial charge in [-0.3, -0.25) is 4.79 Å². The van der Waals surface area contributed by atoms with Gasteiger partial charge in [0.15, 0.2) is 5.69 Å². The topological polar surface area (TPSA) is 86.3 Å². The van der Waals surface area contributed by atoms with Crippen molar-refractivity contribution in [2.45, 2.75) is 6.10 Å². The molecule has 0 spiro atoms. The molecule has 0 bridgehead atoms. The van der Waals surface area contributed by atoms with Gasteiger partial charge in [0.25, 0.3) is 5.91 Å². The highest BCUT2D eigenvalue weighted by molar-refractivity contribution is 5.92. The summed E-state index contributed by atoms with van der Waals surface area (Å²) in [5.74, 6) is -0.140. The lowest BCUT2D eigenvalue weighted by molar-refractivity contribution is -0.0169. The number of benzene rings is 1. The third-order valence-corrected chi connectivity index (χ3v) is 3.39. The fourth-order valence-electron chi connectivity index (χ4n) is 2.26. The van der Waals surface area contributed by atoms with Gasteiger partial charge in [0.05, 0.1) is 24.6 Å². The van der Waals surface area contributed by atoms with Crippen molar-refractivity contribution in [3.8, 4) is 5.69 Å². The summed E-state index contributed by atoms with van der Waals surface area (Å²) >= 11 is 0. The van der Waals surface area contributed by atoms with E-state index in [4.69, 9.17) is 10.5 Å². The number of amides is 1. The second kappa shape index (κ2) is 6.02. The highest BCUT2D eigenvalue weighted by Gasteiger charge is 2.25. The zero-order chi connectivity index (χ0) is 14.7. The van der Waals surface area contributed by atoms with E-state index in [1.54, 1.807) is 4.90 Å². The van der Waals surface area contributed by atoms with Gasteiger partial charge in [-0.2, -0.15) is 9.90 Å². The summed E-state index contributed by atoms with van der Waals surface area (Å²) in [6.07, 6.45) is 1.38. The predicted molar refractivity (Wildman–Crippen MR) is 76.1 cm³/mol. The Hall–Kier alpha value is -2.25. The van der Waals surface area contributed by atoms with Crippen LogP contribution in [0.4, 0.5) is 0 Å². The molecule has 21 heavy (non-hydrogen) atoms. The molecule has 1 saturated heterocycles. The average Bonchev–Trinajstić information content (AvgIpc) is 3.05. The number of morpholine rings is 1. The van der Waals surface area contributed by atoms with Crippen LogP contribution in [0.5, 0.6) is 0 Å². The van der Waals surface area contributed by atoms with E-state index >= 15 is 0 Å². The molecule has 7 nitrogen and oxygen atoms in total. The quantitative estimate of drug-likeness (QED) is 0.863. The van der Waals surface area contributed by atoms with Crippen LogP contribution >= 0.6 is 0 Å². The van der Waals surface area contributed by atoms with Gasteiger partial charge < -0.3 is 15.4 Å². The number of hydrogen-bond donors (Lipinski definition) is 1. The first-order chi connectivity index (χ1) is 10.3. The number of nitrogens with zero attached hydrogens (tertiary/aromatic N) is 4. The molecule has 2 aromatic rings. The SMILES string of the molecule is NCC1CN(C(=O)c2cnn(-c3ccccc3)n2)CCO1. The molecule has 0 saturated carbocycles. The van der Waals surface area contributed by atoms with Crippen molar-refractivity contribution in [1.82, 2.24) is 19.9 Å². The smallest absolute Gasteiger partial charge is 0.276 e. The van der Waals surface area contributed by atoms with E-state index < -0.39 is 0 Å². The van der Waals surface area contributed by atoms with E-state index in [1.807, 2.05) is 30.3 Å². The third-order valence-electron chi connectivity index (χ3n) is 3.39. The second-order valence-electron chi connectivity index (χ2n) is 4.83. The van der Waals surface area contributed by atoms with Gasteiger partial charge in [-0.05, 0) is 12.1 Å². The number of nitrogens with two attached hydrogens (primary N) is 1. The molecule has 0 radical (unpaired) electrons. The molecule has 3 rings (SSSR count). The molecule has 7 heteroatoms. The Morgan fingerprint density at radius 1 is 1.38 bits per heavy atom. The summed E-state index contributed by atoms with van der Waals surface area (Å²) in [4.78, 5) is 15.6. The van der Waals surface area contributed by atoms with Crippen LogP contribution in [0.3, 0.4) is 0 Å². The Balaban J connectivity index is 1.75. The van der Waals surface area contributed by atoms with E-state index in [9.17, 15) is 4.79 Å². The van der Waals surface area contributed by atoms with Crippen LogP contribution in [0.25, 0.3) is 5.69 Å². The molecule has 1 fully saturated rings. The molecule has 0 aliphatic carbocycles. The molecule has 110 valence electrons. The molecule has 1 atom stereocenters. The van der Waals surface area contributed by atoms with Crippen molar-refractivity contribution < 1.29 is 9.53 Å². The van der Waals surface area contributed by atoms with E-state index in [2.05, 4.69) is 10.2 Å². The number of carbonyl (C=O) groups excluding carboxylic acids is 1. The number of carbonyl (C=O) groups is 1. The summed E-state index contributed by atoms with van der Waals surface area (Å²) in [5, 5.41) is 8.39. The van der Waals surface area contributed by atoms with Crippen LogP contribution in [0, 0.1) is 0 Å². The maximum absolute atomic E-state index is 12.4. The van der Waals surface area contributed by atoms with Crippen molar-refractivity contribution in [3.63, 3.8) is 0 Å². The largest absolute Gasteiger partial charge is 0.373 e. The van der Waals surface area contributed by atoms with Crippen LogP contribution in [0.15, 0.2) is 36.5 Å². The Morgan fingerprint density at radius 2 is 2.19 bits per heavy atom. The van der Waals surface area contributed by atoms with Crippen molar-refractivity contribution in [3.05, 3.63) is 42.2 Å². The summed E-state index contributed by atoms with van der Waals surface area (Å²) in [6.45, 7) is 1.95. The van der Waals surface area contributed by atoms with E-state index in [0.29, 0.717) is 31.9 Å². The van der Waals surface area contributed by atoms with Crippen molar-refractivity contribution in [2.75, 3.05) is 26.2 Å². The first-order valence-electron chi connectivity index (χ1n) is 6.86. The average molecular weight is 287 g/mol. The standard InChI is InChI=1S/C14H17N5O2/c15-8-12-10-18(6-7-21-12)14(20)13-9-16-19(17-13)11-4-2-1-3-5-11/h1-5,9,12H,6-8,10,15H2. The van der Waals surface area contributed by atoms with Crippen molar-refractivity contribution in [2.24, 2.45) is 5.73 Å². The molecule has 2 N–H and O–H groups in total. The number of ether oxygens (including phenoxy) is 1. The zero-order valence-corrected chi connectivity index (χ0v) is 11.6. The monoisotopic (exact) mass is 287 g/mol. The Morgan fingerprint density at radius 3 is 2.95 bits per heavy atom. The molecule has 1 aromatic carbocycles. The summed E-state index contributed by atoms with van der Waals surface area (Å²) in [7, 11) is 0. The number of para-hydroxylation sites is 1. The fourth-order valence-corrected chi connectivity index (χ4v) is 2.26. The first-order valence-corrected chi connectivity index (χ1v) is 6.86. The van der Waals surface area contributed by atoms with Crippen LogP contribution in [0.1, 0.15) is 10.5 Å². The van der Waals surface area contributed by atoms with Gasteiger partial charge in [-0.15, -0.1) is 5.10 Å². The Bertz CT molecular complexity index is 613. The second-order valence-corrected chi connectivity index (χ2v) is 4.83. The maximum atomic E-state index is 12.4. The number of hydrogen-bond acceptors (Lipinski definition) is 5. The minimum Gasteiger partial charge on any atom is -0.373 e. The molecular formula is C14H17N5O2. The Labute approximate surface area is 122 Å². The van der Waals surface area contributed by atoms with Gasteiger partial charge in [-0.1, -0.05) is 18.2 Å². The molecule has 2 heterocycles. The molecule has 1 amide bonds. The van der Waals surface area contributed by atoms with Gasteiger partial charge in [0.2, 0.25) is 0 Å². The summed E-state index contributed by atoms with van der Waals surface area (Å²) < 4.78 is 5.46. The van der Waals surface area contributed by atoms with Crippen LogP contribution in [-0.2, 0) is 4.74 Å². The van der Waals surface area contributed by atoms with Crippen LogP contribution in [-0.4, -0.2) is 58.1 Å². The lowest BCUT2D eigenvalue weighted by atomic mass is 10.2. The summed E-state index contributed by atoms with van der Waals surface area (Å²) in [6, 6.07) is 9.47. The highest BCUT2D eigenvalue weighted by atomic mass is 16.5. The van der Waals surface area contributed by atoms with Crippen molar-refractivity contribution >= 4 is 5.91 Å². The lowest BCUT2D eigenvalue weighted by Crippen LogP contribution is -2.48. The van der Waals surface area contributed by atoms with Crippen molar-refractivity contribution in [1.29, 1.82) is 0 Å². The molecular weight excluding hydrogens is 270 g/mol. The Kier molecular flexibility index (Phi) is 3.94.